The van der Waals surface area contributed by atoms with Crippen molar-refractivity contribution in [1.82, 2.24) is 19.4 Å². The topological polar surface area (TPSA) is 94.7 Å². The van der Waals surface area contributed by atoms with Crippen LogP contribution in [0.15, 0.2) is 48.6 Å². The number of piperazine rings is 1. The van der Waals surface area contributed by atoms with E-state index in [2.05, 4.69) is 55.7 Å². The molecule has 8 rings (SSSR count). The van der Waals surface area contributed by atoms with Crippen LogP contribution < -0.4 is 14.4 Å². The fourth-order valence-electron chi connectivity index (χ4n) is 10.3. The van der Waals surface area contributed by atoms with Gasteiger partial charge in [0, 0.05) is 88.1 Å². The number of halogens is 1. The molecule has 2 saturated heterocycles. The van der Waals surface area contributed by atoms with E-state index in [-0.39, 0.29) is 17.3 Å². The smallest absolute Gasteiger partial charge is 0.264 e. The van der Waals surface area contributed by atoms with E-state index in [1.54, 1.807) is 13.0 Å². The van der Waals surface area contributed by atoms with Gasteiger partial charge in [-0.15, -0.1) is 0 Å². The summed E-state index contributed by atoms with van der Waals surface area (Å²) in [5.41, 5.74) is 2.94. The van der Waals surface area contributed by atoms with E-state index in [1.165, 1.54) is 11.1 Å². The zero-order chi connectivity index (χ0) is 37.8. The molecule has 294 valence electrons. The molecule has 2 bridgehead atoms. The minimum Gasteiger partial charge on any atom is -0.490 e. The molecule has 12 heteroatoms. The van der Waals surface area contributed by atoms with Crippen molar-refractivity contribution in [2.24, 2.45) is 17.8 Å². The number of carbonyl (C=O) groups excluding carboxylic acids is 1. The van der Waals surface area contributed by atoms with Crippen molar-refractivity contribution < 1.29 is 22.7 Å². The number of rotatable bonds is 4. The van der Waals surface area contributed by atoms with Gasteiger partial charge in [0.15, 0.2) is 0 Å². The van der Waals surface area contributed by atoms with Gasteiger partial charge in [-0.1, -0.05) is 36.7 Å². The number of ether oxygens (including phenoxy) is 2. The van der Waals surface area contributed by atoms with E-state index < -0.39 is 26.8 Å². The summed E-state index contributed by atoms with van der Waals surface area (Å²) in [7, 11) is 0.109. The van der Waals surface area contributed by atoms with Crippen LogP contribution in [-0.4, -0.2) is 126 Å². The largest absolute Gasteiger partial charge is 0.490 e. The summed E-state index contributed by atoms with van der Waals surface area (Å²) in [6, 6.07) is 12.4. The van der Waals surface area contributed by atoms with Gasteiger partial charge in [-0.3, -0.25) is 14.6 Å². The summed E-state index contributed by atoms with van der Waals surface area (Å²) >= 11 is 6.51. The van der Waals surface area contributed by atoms with Crippen molar-refractivity contribution in [2.45, 2.75) is 74.7 Å². The average Bonchev–Trinajstić information content (AvgIpc) is 3.28. The number of hydrogen-bond acceptors (Lipinski definition) is 9. The van der Waals surface area contributed by atoms with Crippen LogP contribution in [0.2, 0.25) is 5.02 Å². The Morgan fingerprint density at radius 1 is 1.04 bits per heavy atom. The van der Waals surface area contributed by atoms with Gasteiger partial charge in [0.05, 0.1) is 17.5 Å². The fraction of sp³-hybridized carbons (Fsp3) is 0.643. The average molecular weight is 780 g/mol. The SMILES string of the molecule is CO[C@@]1(CN2CCN(C3CN(C)C3)CC2)/C=C\C[C@H](C)[C@@H](C)S(=O)(=O)NC(=O)c2ccc3c(c2)N(C[C@@H]2CC[C@H]21)C[C@@]1(CCCc2cc(Cl)ccc21)CO3. The Hall–Kier alpha value is -2.67. The molecule has 1 saturated carbocycles. The third kappa shape index (κ3) is 7.22. The van der Waals surface area contributed by atoms with Crippen LogP contribution in [0.3, 0.4) is 0 Å². The number of amides is 1. The molecular weight excluding hydrogens is 722 g/mol. The highest BCUT2D eigenvalue weighted by Crippen LogP contribution is 2.49. The Morgan fingerprint density at radius 3 is 2.56 bits per heavy atom. The standard InChI is InChI=1S/C42H58ClN5O5S/c1-29-7-5-16-42(52-4,27-46-17-19-47(20-18-46)35-24-45(3)25-35)37-12-9-33(37)23-48-26-41(15-6-8-31-21-34(43)11-13-36(31)41)28-53-39-14-10-32(22-38(39)48)40(49)44-54(50,51)30(29)2/h5,10-11,13-14,16,21-22,29-30,33,35,37H,6-9,12,15,17-20,23-28H2,1-4H3,(H,44,49)/b16-5-/t29-,30+,33-,37+,41-,42+/m0/s1. The number of sulfonamides is 1. The molecule has 1 N–H and O–H groups in total. The van der Waals surface area contributed by atoms with Crippen LogP contribution in [0.5, 0.6) is 5.75 Å². The third-order valence-corrected chi connectivity index (χ3v) is 16.2. The number of likely N-dealkylation sites (N-methyl/N-ethyl adjacent to an activating group) is 1. The molecule has 0 aromatic heterocycles. The maximum atomic E-state index is 13.7. The van der Waals surface area contributed by atoms with Gasteiger partial charge in [0.25, 0.3) is 5.91 Å². The number of nitrogens with one attached hydrogen (secondary N) is 1. The molecule has 2 aromatic carbocycles. The van der Waals surface area contributed by atoms with Crippen LogP contribution >= 0.6 is 11.6 Å². The maximum absolute atomic E-state index is 13.7. The zero-order valence-corrected chi connectivity index (χ0v) is 34.0. The highest BCUT2D eigenvalue weighted by atomic mass is 35.5. The number of hydrogen-bond donors (Lipinski definition) is 1. The summed E-state index contributed by atoms with van der Waals surface area (Å²) < 4.78 is 43.1. The highest BCUT2D eigenvalue weighted by Gasteiger charge is 2.50. The number of methoxy groups -OCH3 is 1. The van der Waals surface area contributed by atoms with Crippen molar-refractivity contribution in [1.29, 1.82) is 0 Å². The number of carbonyl (C=O) groups is 1. The lowest BCUT2D eigenvalue weighted by Crippen LogP contribution is -2.63. The monoisotopic (exact) mass is 779 g/mol. The molecule has 10 nitrogen and oxygen atoms in total. The van der Waals surface area contributed by atoms with Crippen molar-refractivity contribution in [2.75, 3.05) is 84.6 Å². The number of benzene rings is 2. The van der Waals surface area contributed by atoms with Crippen LogP contribution in [0.1, 0.15) is 67.4 Å². The maximum Gasteiger partial charge on any atom is 0.264 e. The van der Waals surface area contributed by atoms with Gasteiger partial charge in [-0.25, -0.2) is 13.1 Å². The summed E-state index contributed by atoms with van der Waals surface area (Å²) in [5, 5.41) is -0.0206. The van der Waals surface area contributed by atoms with Gasteiger partial charge >= 0.3 is 0 Å². The van der Waals surface area contributed by atoms with E-state index in [0.717, 1.165) is 107 Å². The number of aryl methyl sites for hydroxylation is 1. The number of anilines is 1. The molecule has 1 spiro atoms. The van der Waals surface area contributed by atoms with Crippen LogP contribution in [0, 0.1) is 17.8 Å². The van der Waals surface area contributed by atoms with Gasteiger partial charge < -0.3 is 19.3 Å². The first-order valence-corrected chi connectivity index (χ1v) is 22.1. The molecule has 54 heavy (non-hydrogen) atoms. The third-order valence-electron chi connectivity index (χ3n) is 14.1. The van der Waals surface area contributed by atoms with E-state index in [0.29, 0.717) is 30.6 Å². The first kappa shape index (κ1) is 38.2. The van der Waals surface area contributed by atoms with Crippen LogP contribution in [-0.2, 0) is 26.6 Å². The van der Waals surface area contributed by atoms with E-state index in [1.807, 2.05) is 32.2 Å². The normalized spacial score (nSPS) is 34.4. The van der Waals surface area contributed by atoms with Gasteiger partial charge in [0.1, 0.15) is 11.4 Å². The zero-order valence-electron chi connectivity index (χ0n) is 32.4. The second kappa shape index (κ2) is 15.0. The van der Waals surface area contributed by atoms with Crippen molar-refractivity contribution in [3.63, 3.8) is 0 Å². The molecule has 2 aromatic rings. The number of fused-ring (bicyclic) bond motifs is 4. The summed E-state index contributed by atoms with van der Waals surface area (Å²) in [6.07, 6.45) is 10.2. The number of nitrogens with zero attached hydrogens (tertiary/aromatic N) is 4. The molecule has 6 atom stereocenters. The summed E-state index contributed by atoms with van der Waals surface area (Å²) in [5.74, 6) is 0.518. The predicted octanol–water partition coefficient (Wildman–Crippen LogP) is 5.20. The fourth-order valence-corrected chi connectivity index (χ4v) is 11.8. The first-order chi connectivity index (χ1) is 25.9. The van der Waals surface area contributed by atoms with Crippen molar-refractivity contribution in [3.8, 4) is 5.75 Å². The molecule has 3 fully saturated rings. The molecule has 1 amide bonds. The van der Waals surface area contributed by atoms with Crippen LogP contribution in [0.4, 0.5) is 5.69 Å². The van der Waals surface area contributed by atoms with Gasteiger partial charge in [-0.2, -0.15) is 0 Å². The Kier molecular flexibility index (Phi) is 10.6. The minimum absolute atomic E-state index is 0.212. The second-order valence-corrected chi connectivity index (χ2v) is 19.8. The first-order valence-electron chi connectivity index (χ1n) is 20.1. The van der Waals surface area contributed by atoms with E-state index >= 15 is 0 Å². The predicted molar refractivity (Wildman–Crippen MR) is 214 cm³/mol. The Morgan fingerprint density at radius 2 is 1.83 bits per heavy atom. The van der Waals surface area contributed by atoms with Gasteiger partial charge in [0.2, 0.25) is 10.0 Å². The summed E-state index contributed by atoms with van der Waals surface area (Å²) in [6.45, 7) is 12.9. The number of allylic oxidation sites excluding steroid dienone is 1. The van der Waals surface area contributed by atoms with Crippen LogP contribution in [0.25, 0.3) is 0 Å². The van der Waals surface area contributed by atoms with Gasteiger partial charge in [-0.05, 0) is 112 Å². The molecule has 2 aliphatic carbocycles. The molecular formula is C42H58ClN5O5S. The Labute approximate surface area is 327 Å². The second-order valence-electron chi connectivity index (χ2n) is 17.4. The van der Waals surface area contributed by atoms with Crippen molar-refractivity contribution >= 4 is 33.2 Å². The van der Waals surface area contributed by atoms with E-state index in [4.69, 9.17) is 21.1 Å². The Balaban J connectivity index is 1.15. The quantitative estimate of drug-likeness (QED) is 0.421. The molecule has 0 radical (unpaired) electrons. The number of likely N-dealkylation sites (tertiary alicyclic amines) is 1. The lowest BCUT2D eigenvalue weighted by Gasteiger charge is -2.53. The minimum atomic E-state index is -3.95. The van der Waals surface area contributed by atoms with E-state index in [9.17, 15) is 13.2 Å². The highest BCUT2D eigenvalue weighted by molar-refractivity contribution is 7.90. The van der Waals surface area contributed by atoms with Crippen molar-refractivity contribution in [3.05, 3.63) is 70.3 Å². The molecule has 0 unspecified atom stereocenters. The molecule has 4 heterocycles. The lowest BCUT2D eigenvalue weighted by molar-refractivity contribution is -0.0982. The molecule has 6 aliphatic rings. The molecule has 4 aliphatic heterocycles. The lowest BCUT2D eigenvalue weighted by atomic mass is 9.63. The Bertz CT molecular complexity index is 1860. The summed E-state index contributed by atoms with van der Waals surface area (Å²) in [4.78, 5) is 23.7.